The zero-order valence-corrected chi connectivity index (χ0v) is 4.75. The summed E-state index contributed by atoms with van der Waals surface area (Å²) >= 11 is 0. The van der Waals surface area contributed by atoms with Crippen molar-refractivity contribution in [3.8, 4) is 0 Å². The fourth-order valence-corrected chi connectivity index (χ4v) is 1.01. The molecule has 48 valence electrons. The number of aliphatic hydroxyl groups excluding tert-OH is 1. The van der Waals surface area contributed by atoms with E-state index in [-0.39, 0.29) is 12.6 Å². The van der Waals surface area contributed by atoms with Crippen LogP contribution in [0.3, 0.4) is 0 Å². The van der Waals surface area contributed by atoms with Crippen molar-refractivity contribution in [2.24, 2.45) is 0 Å². The molecule has 8 heavy (non-hydrogen) atoms. The Balaban J connectivity index is 2.30. The van der Waals surface area contributed by atoms with Crippen molar-refractivity contribution in [1.82, 2.24) is 5.06 Å². The number of hydroxylamine groups is 2. The van der Waals surface area contributed by atoms with Crippen LogP contribution in [0.1, 0.15) is 12.8 Å². The average Bonchev–Trinajstić information content (AvgIpc) is 2.14. The fraction of sp³-hybridized carbons (Fsp3) is 1.00. The Morgan fingerprint density at radius 3 is 2.62 bits per heavy atom. The molecule has 0 radical (unpaired) electrons. The maximum absolute atomic E-state index is 8.86. The van der Waals surface area contributed by atoms with Crippen LogP contribution in [-0.2, 0) is 0 Å². The van der Waals surface area contributed by atoms with Crippen LogP contribution in [0.4, 0.5) is 0 Å². The molecular formula is C5H11NO2. The first kappa shape index (κ1) is 6.01. The summed E-state index contributed by atoms with van der Waals surface area (Å²) in [6.45, 7) is 0.793. The summed E-state index contributed by atoms with van der Waals surface area (Å²) in [6, 6.07) is 0.00926. The molecule has 2 N–H and O–H groups in total. The van der Waals surface area contributed by atoms with Gasteiger partial charge < -0.3 is 10.3 Å². The van der Waals surface area contributed by atoms with Gasteiger partial charge in [0, 0.05) is 6.54 Å². The molecule has 1 aliphatic rings. The van der Waals surface area contributed by atoms with E-state index in [9.17, 15) is 0 Å². The van der Waals surface area contributed by atoms with Gasteiger partial charge in [0.25, 0.3) is 0 Å². The van der Waals surface area contributed by atoms with Crippen LogP contribution in [0.25, 0.3) is 0 Å². The number of rotatable bonds is 1. The van der Waals surface area contributed by atoms with Gasteiger partial charge in [-0.3, -0.25) is 0 Å². The second-order valence-corrected chi connectivity index (χ2v) is 2.14. The first-order valence-corrected chi connectivity index (χ1v) is 2.91. The van der Waals surface area contributed by atoms with Gasteiger partial charge in [-0.05, 0) is 12.8 Å². The fourth-order valence-electron chi connectivity index (χ4n) is 1.01. The van der Waals surface area contributed by atoms with Crippen LogP contribution in [0.15, 0.2) is 0 Å². The molecule has 0 aliphatic carbocycles. The van der Waals surface area contributed by atoms with Gasteiger partial charge in [0.1, 0.15) is 0 Å². The van der Waals surface area contributed by atoms with Crippen molar-refractivity contribution in [2.45, 2.75) is 18.9 Å². The molecule has 0 saturated carbocycles. The van der Waals surface area contributed by atoms with Gasteiger partial charge in [-0.1, -0.05) is 0 Å². The van der Waals surface area contributed by atoms with Gasteiger partial charge in [0.2, 0.25) is 0 Å². The van der Waals surface area contributed by atoms with Crippen LogP contribution in [0, 0.1) is 0 Å². The molecule has 1 atom stereocenters. The second-order valence-electron chi connectivity index (χ2n) is 2.14. The highest BCUT2D eigenvalue weighted by molar-refractivity contribution is 4.70. The second kappa shape index (κ2) is 2.44. The standard InChI is InChI=1S/C5H11NO2/c7-4-5-2-1-3-6(5)8/h5,7-8H,1-4H2/t5-/m0/s1. The molecule has 0 aromatic carbocycles. The minimum absolute atomic E-state index is 0.00926. The van der Waals surface area contributed by atoms with Crippen LogP contribution < -0.4 is 0 Å². The molecule has 1 heterocycles. The van der Waals surface area contributed by atoms with E-state index in [0.29, 0.717) is 6.54 Å². The Hall–Kier alpha value is -0.120. The van der Waals surface area contributed by atoms with E-state index in [1.54, 1.807) is 0 Å². The van der Waals surface area contributed by atoms with Crippen molar-refractivity contribution >= 4 is 0 Å². The first-order chi connectivity index (χ1) is 3.84. The lowest BCUT2D eigenvalue weighted by Gasteiger charge is -2.12. The number of nitrogens with zero attached hydrogens (tertiary/aromatic N) is 1. The molecular weight excluding hydrogens is 106 g/mol. The quantitative estimate of drug-likeness (QED) is 0.501. The lowest BCUT2D eigenvalue weighted by Crippen LogP contribution is -2.28. The Morgan fingerprint density at radius 1 is 1.62 bits per heavy atom. The smallest absolute Gasteiger partial charge is 0.0610 e. The molecule has 0 unspecified atom stereocenters. The maximum atomic E-state index is 8.86. The van der Waals surface area contributed by atoms with E-state index in [1.165, 1.54) is 5.06 Å². The Bertz CT molecular complexity index is 76.8. The van der Waals surface area contributed by atoms with E-state index in [1.807, 2.05) is 0 Å². The summed E-state index contributed by atoms with van der Waals surface area (Å²) in [7, 11) is 0. The van der Waals surface area contributed by atoms with Gasteiger partial charge in [0.05, 0.1) is 12.6 Å². The predicted molar refractivity (Wildman–Crippen MR) is 28.6 cm³/mol. The van der Waals surface area contributed by atoms with Crippen LogP contribution in [0.5, 0.6) is 0 Å². The Kier molecular flexibility index (Phi) is 1.83. The van der Waals surface area contributed by atoms with Crippen molar-refractivity contribution in [3.63, 3.8) is 0 Å². The Morgan fingerprint density at radius 2 is 2.38 bits per heavy atom. The molecule has 0 aromatic heterocycles. The minimum atomic E-state index is 0.00926. The zero-order valence-electron chi connectivity index (χ0n) is 4.75. The van der Waals surface area contributed by atoms with Gasteiger partial charge >= 0.3 is 0 Å². The van der Waals surface area contributed by atoms with Crippen molar-refractivity contribution in [3.05, 3.63) is 0 Å². The van der Waals surface area contributed by atoms with E-state index in [0.717, 1.165) is 12.8 Å². The number of aliphatic hydroxyl groups is 1. The minimum Gasteiger partial charge on any atom is -0.395 e. The van der Waals surface area contributed by atoms with E-state index >= 15 is 0 Å². The molecule has 3 nitrogen and oxygen atoms in total. The molecule has 1 saturated heterocycles. The highest BCUT2D eigenvalue weighted by Crippen LogP contribution is 2.12. The van der Waals surface area contributed by atoms with Crippen molar-refractivity contribution < 1.29 is 10.3 Å². The monoisotopic (exact) mass is 117 g/mol. The van der Waals surface area contributed by atoms with Crippen molar-refractivity contribution in [1.29, 1.82) is 0 Å². The summed E-state index contributed by atoms with van der Waals surface area (Å²) in [6.07, 6.45) is 1.93. The van der Waals surface area contributed by atoms with Gasteiger partial charge in [-0.2, -0.15) is 5.06 Å². The van der Waals surface area contributed by atoms with Crippen LogP contribution in [-0.4, -0.2) is 34.6 Å². The van der Waals surface area contributed by atoms with Crippen molar-refractivity contribution in [2.75, 3.05) is 13.2 Å². The number of hydrogen-bond donors (Lipinski definition) is 2. The molecule has 0 amide bonds. The molecule has 0 spiro atoms. The average molecular weight is 117 g/mol. The zero-order chi connectivity index (χ0) is 5.98. The summed E-state index contributed by atoms with van der Waals surface area (Å²) in [5.41, 5.74) is 0. The lowest BCUT2D eigenvalue weighted by atomic mass is 10.2. The molecule has 1 rings (SSSR count). The number of hydrogen-bond acceptors (Lipinski definition) is 3. The Labute approximate surface area is 48.5 Å². The molecule has 0 bridgehead atoms. The largest absolute Gasteiger partial charge is 0.395 e. The van der Waals surface area contributed by atoms with Gasteiger partial charge in [-0.15, -0.1) is 0 Å². The summed E-state index contributed by atoms with van der Waals surface area (Å²) in [5.74, 6) is 0. The SMILES string of the molecule is OC[C@@H]1CCCN1O. The van der Waals surface area contributed by atoms with E-state index < -0.39 is 0 Å². The highest BCUT2D eigenvalue weighted by Gasteiger charge is 2.20. The third-order valence-corrected chi connectivity index (χ3v) is 1.56. The highest BCUT2D eigenvalue weighted by atomic mass is 16.5. The summed E-state index contributed by atoms with van der Waals surface area (Å²) in [5, 5.41) is 18.6. The molecule has 0 aromatic rings. The predicted octanol–water partition coefficient (Wildman–Crippen LogP) is -0.168. The van der Waals surface area contributed by atoms with Gasteiger partial charge in [-0.25, -0.2) is 0 Å². The maximum Gasteiger partial charge on any atom is 0.0610 e. The van der Waals surface area contributed by atoms with Crippen LogP contribution >= 0.6 is 0 Å². The third kappa shape index (κ3) is 0.992. The normalized spacial score (nSPS) is 31.5. The van der Waals surface area contributed by atoms with Gasteiger partial charge in [0.15, 0.2) is 0 Å². The van der Waals surface area contributed by atoms with E-state index in [4.69, 9.17) is 10.3 Å². The summed E-state index contributed by atoms with van der Waals surface area (Å²) < 4.78 is 0. The summed E-state index contributed by atoms with van der Waals surface area (Å²) in [4.78, 5) is 0. The molecule has 1 aliphatic heterocycles. The molecule has 3 heteroatoms. The van der Waals surface area contributed by atoms with Crippen LogP contribution in [0.2, 0.25) is 0 Å². The van der Waals surface area contributed by atoms with E-state index in [2.05, 4.69) is 0 Å². The first-order valence-electron chi connectivity index (χ1n) is 2.91. The topological polar surface area (TPSA) is 43.7 Å². The third-order valence-electron chi connectivity index (χ3n) is 1.56. The molecule has 1 fully saturated rings. The lowest BCUT2D eigenvalue weighted by molar-refractivity contribution is -0.113.